The van der Waals surface area contributed by atoms with Crippen molar-refractivity contribution in [2.24, 2.45) is 5.73 Å². The number of rotatable bonds is 3. The molecular formula is C10H11NO3. The van der Waals surface area contributed by atoms with Crippen LogP contribution >= 0.6 is 0 Å². The Hall–Kier alpha value is -1.68. The number of Topliss-reactive ketones (excluding diaryl/α,β-unsaturated/α-hetero) is 1. The molecule has 1 rings (SSSR count). The second-order valence-corrected chi connectivity index (χ2v) is 2.70. The zero-order chi connectivity index (χ0) is 10.6. The lowest BCUT2D eigenvalue weighted by Gasteiger charge is -2.00. The van der Waals surface area contributed by atoms with Gasteiger partial charge in [-0.2, -0.15) is 0 Å². The number of esters is 1. The molecule has 1 aromatic carbocycles. The summed E-state index contributed by atoms with van der Waals surface area (Å²) in [4.78, 5) is 22.2. The number of nitrogens with two attached hydrogens (primary N) is 1. The number of ether oxygens (including phenoxy) is 1. The van der Waals surface area contributed by atoms with Crippen molar-refractivity contribution in [3.05, 3.63) is 35.4 Å². The largest absolute Gasteiger partial charge is 0.465 e. The minimum Gasteiger partial charge on any atom is -0.465 e. The maximum Gasteiger partial charge on any atom is 0.337 e. The second-order valence-electron chi connectivity index (χ2n) is 2.70. The maximum atomic E-state index is 11.1. The molecule has 0 radical (unpaired) electrons. The van der Waals surface area contributed by atoms with Crippen LogP contribution in [0.15, 0.2) is 24.3 Å². The molecule has 1 aromatic rings. The van der Waals surface area contributed by atoms with Gasteiger partial charge in [0.05, 0.1) is 19.2 Å². The number of ketones is 1. The molecule has 0 aliphatic heterocycles. The Morgan fingerprint density at radius 2 is 1.71 bits per heavy atom. The standard InChI is InChI=1S/C10H11NO3/c1-14-10(13)8-4-2-7(3-5-8)9(12)6-11/h2-5H,6,11H2,1H3. The first-order chi connectivity index (χ1) is 6.69. The Bertz CT molecular complexity index is 308. The number of carbonyl (C=O) groups excluding carboxylic acids is 2. The fourth-order valence-corrected chi connectivity index (χ4v) is 1.03. The Labute approximate surface area is 81.7 Å². The van der Waals surface area contributed by atoms with Gasteiger partial charge in [-0.05, 0) is 12.1 Å². The fourth-order valence-electron chi connectivity index (χ4n) is 1.03. The summed E-state index contributed by atoms with van der Waals surface area (Å²) < 4.78 is 4.51. The van der Waals surface area contributed by atoms with E-state index in [0.717, 1.165) is 0 Å². The van der Waals surface area contributed by atoms with Gasteiger partial charge >= 0.3 is 5.97 Å². The van der Waals surface area contributed by atoms with E-state index in [9.17, 15) is 9.59 Å². The lowest BCUT2D eigenvalue weighted by molar-refractivity contribution is 0.0600. The summed E-state index contributed by atoms with van der Waals surface area (Å²) in [7, 11) is 1.31. The SMILES string of the molecule is COC(=O)c1ccc(C(=O)CN)cc1. The number of hydrogen-bond acceptors (Lipinski definition) is 4. The van der Waals surface area contributed by atoms with Crippen LogP contribution in [0.1, 0.15) is 20.7 Å². The second kappa shape index (κ2) is 4.53. The van der Waals surface area contributed by atoms with Gasteiger partial charge in [0, 0.05) is 5.56 Å². The Balaban J connectivity index is 2.89. The van der Waals surface area contributed by atoms with Crippen LogP contribution in [0.5, 0.6) is 0 Å². The molecule has 0 saturated carbocycles. The van der Waals surface area contributed by atoms with E-state index < -0.39 is 5.97 Å². The minimum absolute atomic E-state index is 0.0302. The Morgan fingerprint density at radius 3 is 2.14 bits per heavy atom. The molecule has 0 aliphatic rings. The summed E-state index contributed by atoms with van der Waals surface area (Å²) in [6.07, 6.45) is 0. The first-order valence-electron chi connectivity index (χ1n) is 4.10. The van der Waals surface area contributed by atoms with Gasteiger partial charge < -0.3 is 10.5 Å². The third kappa shape index (κ3) is 2.17. The normalized spacial score (nSPS) is 9.57. The molecule has 14 heavy (non-hydrogen) atoms. The van der Waals surface area contributed by atoms with Gasteiger partial charge in [0.1, 0.15) is 0 Å². The van der Waals surface area contributed by atoms with Crippen molar-refractivity contribution in [3.8, 4) is 0 Å². The van der Waals surface area contributed by atoms with E-state index in [1.165, 1.54) is 19.2 Å². The monoisotopic (exact) mass is 193 g/mol. The molecule has 0 aromatic heterocycles. The van der Waals surface area contributed by atoms with Gasteiger partial charge in [0.15, 0.2) is 5.78 Å². The summed E-state index contributed by atoms with van der Waals surface area (Å²) in [5.41, 5.74) is 6.10. The van der Waals surface area contributed by atoms with Crippen molar-refractivity contribution in [3.63, 3.8) is 0 Å². The average molecular weight is 193 g/mol. The number of methoxy groups -OCH3 is 1. The lowest BCUT2D eigenvalue weighted by Crippen LogP contribution is -2.13. The number of benzene rings is 1. The Kier molecular flexibility index (Phi) is 3.36. The van der Waals surface area contributed by atoms with E-state index in [1.54, 1.807) is 12.1 Å². The predicted molar refractivity (Wildman–Crippen MR) is 51.2 cm³/mol. The minimum atomic E-state index is -0.420. The van der Waals surface area contributed by atoms with E-state index >= 15 is 0 Å². The molecule has 0 atom stereocenters. The zero-order valence-electron chi connectivity index (χ0n) is 7.82. The molecule has 0 aliphatic carbocycles. The highest BCUT2D eigenvalue weighted by Gasteiger charge is 2.06. The molecule has 0 fully saturated rings. The van der Waals surface area contributed by atoms with Crippen LogP contribution in [-0.4, -0.2) is 25.4 Å². The Morgan fingerprint density at radius 1 is 1.21 bits per heavy atom. The van der Waals surface area contributed by atoms with Gasteiger partial charge in [-0.3, -0.25) is 4.79 Å². The van der Waals surface area contributed by atoms with Crippen LogP contribution in [0.3, 0.4) is 0 Å². The zero-order valence-corrected chi connectivity index (χ0v) is 7.82. The molecule has 0 saturated heterocycles. The molecule has 4 nitrogen and oxygen atoms in total. The molecule has 0 amide bonds. The van der Waals surface area contributed by atoms with Crippen molar-refractivity contribution in [1.82, 2.24) is 0 Å². The molecular weight excluding hydrogens is 182 g/mol. The van der Waals surface area contributed by atoms with Crippen molar-refractivity contribution < 1.29 is 14.3 Å². The van der Waals surface area contributed by atoms with Gasteiger partial charge in [0.25, 0.3) is 0 Å². The molecule has 2 N–H and O–H groups in total. The van der Waals surface area contributed by atoms with Crippen LogP contribution in [0.2, 0.25) is 0 Å². The maximum absolute atomic E-state index is 11.1. The van der Waals surface area contributed by atoms with Crippen molar-refractivity contribution in [2.75, 3.05) is 13.7 Å². The summed E-state index contributed by atoms with van der Waals surface area (Å²) in [5, 5.41) is 0. The quantitative estimate of drug-likeness (QED) is 0.564. The van der Waals surface area contributed by atoms with Crippen LogP contribution in [0.25, 0.3) is 0 Å². The van der Waals surface area contributed by atoms with Crippen LogP contribution in [0, 0.1) is 0 Å². The topological polar surface area (TPSA) is 69.4 Å². The summed E-state index contributed by atoms with van der Waals surface area (Å²) in [6, 6.07) is 6.19. The third-order valence-corrected chi connectivity index (χ3v) is 1.81. The molecule has 0 unspecified atom stereocenters. The van der Waals surface area contributed by atoms with Gasteiger partial charge in [-0.15, -0.1) is 0 Å². The third-order valence-electron chi connectivity index (χ3n) is 1.81. The highest BCUT2D eigenvalue weighted by molar-refractivity contribution is 5.98. The highest BCUT2D eigenvalue weighted by atomic mass is 16.5. The van der Waals surface area contributed by atoms with Crippen molar-refractivity contribution in [1.29, 1.82) is 0 Å². The highest BCUT2D eigenvalue weighted by Crippen LogP contribution is 2.05. The van der Waals surface area contributed by atoms with Gasteiger partial charge in [0.2, 0.25) is 0 Å². The van der Waals surface area contributed by atoms with E-state index in [2.05, 4.69) is 4.74 Å². The van der Waals surface area contributed by atoms with Gasteiger partial charge in [-0.25, -0.2) is 4.79 Å². The van der Waals surface area contributed by atoms with Crippen molar-refractivity contribution in [2.45, 2.75) is 0 Å². The summed E-state index contributed by atoms with van der Waals surface area (Å²) >= 11 is 0. The number of carbonyl (C=O) groups is 2. The van der Waals surface area contributed by atoms with Crippen molar-refractivity contribution >= 4 is 11.8 Å². The van der Waals surface area contributed by atoms with E-state index in [0.29, 0.717) is 11.1 Å². The summed E-state index contributed by atoms with van der Waals surface area (Å²) in [5.74, 6) is -0.571. The first kappa shape index (κ1) is 10.4. The van der Waals surface area contributed by atoms with Crippen LogP contribution in [-0.2, 0) is 4.74 Å². The average Bonchev–Trinajstić information content (AvgIpc) is 2.27. The van der Waals surface area contributed by atoms with E-state index in [-0.39, 0.29) is 12.3 Å². The number of hydrogen-bond donors (Lipinski definition) is 1. The summed E-state index contributed by atoms with van der Waals surface area (Å²) in [6.45, 7) is -0.0302. The van der Waals surface area contributed by atoms with Crippen LogP contribution < -0.4 is 5.73 Å². The molecule has 4 heteroatoms. The molecule has 0 spiro atoms. The van der Waals surface area contributed by atoms with E-state index in [1.807, 2.05) is 0 Å². The van der Waals surface area contributed by atoms with E-state index in [4.69, 9.17) is 5.73 Å². The van der Waals surface area contributed by atoms with Crippen LogP contribution in [0.4, 0.5) is 0 Å². The van der Waals surface area contributed by atoms with Gasteiger partial charge in [-0.1, -0.05) is 12.1 Å². The molecule has 74 valence electrons. The smallest absolute Gasteiger partial charge is 0.337 e. The predicted octanol–water partition coefficient (Wildman–Crippen LogP) is 0.615. The molecule has 0 heterocycles. The first-order valence-corrected chi connectivity index (χ1v) is 4.10. The lowest BCUT2D eigenvalue weighted by atomic mass is 10.1. The molecule has 0 bridgehead atoms. The fraction of sp³-hybridized carbons (Fsp3) is 0.200.